The van der Waals surface area contributed by atoms with Crippen molar-refractivity contribution >= 4 is 17.9 Å². The summed E-state index contributed by atoms with van der Waals surface area (Å²) in [7, 11) is 0. The monoisotopic (exact) mass is 440 g/mol. The van der Waals surface area contributed by atoms with Gasteiger partial charge < -0.3 is 28.8 Å². The minimum absolute atomic E-state index is 0.0487. The van der Waals surface area contributed by atoms with Gasteiger partial charge in [-0.05, 0) is 24.2 Å². The second-order valence-electron chi connectivity index (χ2n) is 10.1. The van der Waals surface area contributed by atoms with Crippen LogP contribution in [0.5, 0.6) is 0 Å². The van der Waals surface area contributed by atoms with Gasteiger partial charge in [-0.2, -0.15) is 0 Å². The Morgan fingerprint density at radius 1 is 0.839 bits per heavy atom. The van der Waals surface area contributed by atoms with Crippen LogP contribution in [0.2, 0.25) is 0 Å². The molecule has 1 heterocycles. The van der Waals surface area contributed by atoms with E-state index in [2.05, 4.69) is 20.8 Å². The Morgan fingerprint density at radius 2 is 1.35 bits per heavy atom. The molecule has 2 bridgehead atoms. The van der Waals surface area contributed by atoms with Gasteiger partial charge in [-0.15, -0.1) is 0 Å². The summed E-state index contributed by atoms with van der Waals surface area (Å²) in [5, 5.41) is 11.1. The first-order valence-corrected chi connectivity index (χ1v) is 10.9. The van der Waals surface area contributed by atoms with Gasteiger partial charge in [0.25, 0.3) is 0 Å². The molecule has 31 heavy (non-hydrogen) atoms. The molecular weight excluding hydrogens is 408 g/mol. The molecule has 1 N–H and O–H groups in total. The van der Waals surface area contributed by atoms with Crippen LogP contribution in [-0.2, 0) is 38.1 Å². The molecule has 0 aromatic heterocycles. The van der Waals surface area contributed by atoms with Gasteiger partial charge in [-0.1, -0.05) is 20.8 Å². The molecule has 174 valence electrons. The van der Waals surface area contributed by atoms with Gasteiger partial charge in [0.1, 0.15) is 18.3 Å². The zero-order valence-corrected chi connectivity index (χ0v) is 18.9. The van der Waals surface area contributed by atoms with Crippen molar-refractivity contribution in [2.45, 2.75) is 103 Å². The van der Waals surface area contributed by atoms with Crippen LogP contribution >= 0.6 is 0 Å². The molecule has 1 spiro atoms. The first-order chi connectivity index (χ1) is 14.3. The summed E-state index contributed by atoms with van der Waals surface area (Å²) >= 11 is 0. The maximum absolute atomic E-state index is 11.9. The summed E-state index contributed by atoms with van der Waals surface area (Å²) in [6.07, 6.45) is -4.06. The highest BCUT2D eigenvalue weighted by atomic mass is 16.8. The molecule has 9 heteroatoms. The normalized spacial score (nSPS) is 47.1. The van der Waals surface area contributed by atoms with E-state index in [1.54, 1.807) is 0 Å². The fraction of sp³-hybridized carbons (Fsp3) is 0.864. The van der Waals surface area contributed by atoms with Gasteiger partial charge in [0.2, 0.25) is 0 Å². The fourth-order valence-corrected chi connectivity index (χ4v) is 6.40. The lowest BCUT2D eigenvalue weighted by molar-refractivity contribution is -0.257. The number of aliphatic hydroxyl groups is 1. The third kappa shape index (κ3) is 3.11. The van der Waals surface area contributed by atoms with E-state index in [1.165, 1.54) is 20.8 Å². The lowest BCUT2D eigenvalue weighted by atomic mass is 9.68. The number of carbonyl (C=O) groups is 3. The third-order valence-corrected chi connectivity index (χ3v) is 8.32. The standard InChI is InChI=1S/C22H32O9/c1-10(23)27-15-14(26)16-19(18(29-12(3)25)17(15)28-11(2)24)31-22(30-16)9-13-7-8-21(22,6)20(13,4)5/h13-19,26H,7-9H2,1-6H3/t13-,14-,15+,16+,17-,18+,19+,21-,22?/m1/s1. The highest BCUT2D eigenvalue weighted by Gasteiger charge is 2.76. The number of aliphatic hydroxyl groups excluding tert-OH is 1. The van der Waals surface area contributed by atoms with Gasteiger partial charge in [0.15, 0.2) is 24.1 Å². The summed E-state index contributed by atoms with van der Waals surface area (Å²) in [5.41, 5.74) is -0.372. The average Bonchev–Trinajstić information content (AvgIpc) is 3.18. The minimum atomic E-state index is -1.32. The zero-order chi connectivity index (χ0) is 22.9. The van der Waals surface area contributed by atoms with Crippen molar-refractivity contribution in [3.05, 3.63) is 0 Å². The van der Waals surface area contributed by atoms with Crippen molar-refractivity contribution in [1.82, 2.24) is 0 Å². The van der Waals surface area contributed by atoms with Gasteiger partial charge in [-0.3, -0.25) is 14.4 Å². The largest absolute Gasteiger partial charge is 0.456 e. The van der Waals surface area contributed by atoms with Gasteiger partial charge in [-0.25, -0.2) is 0 Å². The lowest BCUT2D eigenvalue weighted by Crippen LogP contribution is -2.65. The second kappa shape index (κ2) is 7.15. The molecule has 0 amide bonds. The predicted molar refractivity (Wildman–Crippen MR) is 104 cm³/mol. The van der Waals surface area contributed by atoms with Gasteiger partial charge in [0, 0.05) is 32.6 Å². The predicted octanol–water partition coefficient (Wildman–Crippen LogP) is 1.48. The molecule has 4 fully saturated rings. The van der Waals surface area contributed by atoms with E-state index < -0.39 is 60.3 Å². The van der Waals surface area contributed by atoms with Gasteiger partial charge >= 0.3 is 17.9 Å². The number of ether oxygens (including phenoxy) is 5. The Labute approximate surface area is 181 Å². The minimum Gasteiger partial charge on any atom is -0.456 e. The van der Waals surface area contributed by atoms with E-state index in [1.807, 2.05) is 0 Å². The molecule has 1 saturated heterocycles. The van der Waals surface area contributed by atoms with Gasteiger partial charge in [0.05, 0.1) is 0 Å². The molecule has 3 aliphatic carbocycles. The SMILES string of the molecule is CC(=O)O[C@@H]1[C@H]2OC3(C[C@H]4CC[C@]3(C)C4(C)C)O[C@H]2[C@H](O)[C@H](OC(C)=O)[C@H]1OC(C)=O. The quantitative estimate of drug-likeness (QED) is 0.514. The number of hydrogen-bond acceptors (Lipinski definition) is 9. The van der Waals surface area contributed by atoms with Crippen LogP contribution in [0.4, 0.5) is 0 Å². The van der Waals surface area contributed by atoms with Crippen molar-refractivity contribution in [1.29, 1.82) is 0 Å². The molecule has 0 radical (unpaired) electrons. The van der Waals surface area contributed by atoms with E-state index >= 15 is 0 Å². The van der Waals surface area contributed by atoms with E-state index in [9.17, 15) is 19.5 Å². The van der Waals surface area contributed by atoms with E-state index in [0.717, 1.165) is 12.8 Å². The lowest BCUT2D eigenvalue weighted by Gasteiger charge is -2.45. The van der Waals surface area contributed by atoms with Crippen LogP contribution in [-0.4, -0.2) is 65.4 Å². The molecule has 4 aliphatic rings. The third-order valence-electron chi connectivity index (χ3n) is 8.32. The van der Waals surface area contributed by atoms with Crippen molar-refractivity contribution in [2.24, 2.45) is 16.7 Å². The molecule has 0 aromatic rings. The maximum atomic E-state index is 11.9. The highest BCUT2D eigenvalue weighted by Crippen LogP contribution is 2.73. The average molecular weight is 440 g/mol. The Kier molecular flexibility index (Phi) is 5.18. The van der Waals surface area contributed by atoms with Crippen LogP contribution in [0.25, 0.3) is 0 Å². The first-order valence-electron chi connectivity index (χ1n) is 10.9. The molecule has 9 nitrogen and oxygen atoms in total. The number of rotatable bonds is 3. The topological polar surface area (TPSA) is 118 Å². The number of hydrogen-bond donors (Lipinski definition) is 1. The Hall–Kier alpha value is -1.71. The molecule has 0 aromatic carbocycles. The van der Waals surface area contributed by atoms with Crippen molar-refractivity contribution in [3.63, 3.8) is 0 Å². The first kappa shape index (κ1) is 22.5. The van der Waals surface area contributed by atoms with Crippen LogP contribution in [0.15, 0.2) is 0 Å². The van der Waals surface area contributed by atoms with Crippen LogP contribution in [0.1, 0.15) is 60.8 Å². The zero-order valence-electron chi connectivity index (χ0n) is 18.9. The number of esters is 3. The van der Waals surface area contributed by atoms with Crippen LogP contribution < -0.4 is 0 Å². The molecular formula is C22H32O9. The molecule has 3 saturated carbocycles. The number of carbonyl (C=O) groups excluding carboxylic acids is 3. The Balaban J connectivity index is 1.74. The van der Waals surface area contributed by atoms with Crippen LogP contribution in [0, 0.1) is 16.7 Å². The molecule has 1 unspecified atom stereocenters. The van der Waals surface area contributed by atoms with Crippen molar-refractivity contribution in [3.8, 4) is 0 Å². The van der Waals surface area contributed by atoms with E-state index in [0.29, 0.717) is 12.3 Å². The highest BCUT2D eigenvalue weighted by molar-refractivity contribution is 5.68. The fourth-order valence-electron chi connectivity index (χ4n) is 6.40. The molecule has 1 aliphatic heterocycles. The summed E-state index contributed by atoms with van der Waals surface area (Å²) in [6.45, 7) is 10.2. The summed E-state index contributed by atoms with van der Waals surface area (Å²) in [4.78, 5) is 35.5. The van der Waals surface area contributed by atoms with Crippen molar-refractivity contribution < 1.29 is 43.2 Å². The maximum Gasteiger partial charge on any atom is 0.303 e. The summed E-state index contributed by atoms with van der Waals surface area (Å²) < 4.78 is 29.3. The summed E-state index contributed by atoms with van der Waals surface area (Å²) in [6, 6.07) is 0. The smallest absolute Gasteiger partial charge is 0.303 e. The number of fused-ring (bicyclic) bond motifs is 4. The molecule has 4 rings (SSSR count). The van der Waals surface area contributed by atoms with Crippen molar-refractivity contribution in [2.75, 3.05) is 0 Å². The molecule has 9 atom stereocenters. The van der Waals surface area contributed by atoms with E-state index in [-0.39, 0.29) is 10.8 Å². The second-order valence-corrected chi connectivity index (χ2v) is 10.1. The summed E-state index contributed by atoms with van der Waals surface area (Å²) in [5.74, 6) is -2.52. The Bertz CT molecular complexity index is 794. The van der Waals surface area contributed by atoms with Crippen LogP contribution in [0.3, 0.4) is 0 Å². The Morgan fingerprint density at radius 3 is 1.84 bits per heavy atom. The van der Waals surface area contributed by atoms with E-state index in [4.69, 9.17) is 23.7 Å².